The van der Waals surface area contributed by atoms with Gasteiger partial charge in [-0.05, 0) is 37.7 Å². The summed E-state index contributed by atoms with van der Waals surface area (Å²) in [7, 11) is 1.65. The zero-order chi connectivity index (χ0) is 12.3. The van der Waals surface area contributed by atoms with Gasteiger partial charge in [0.25, 0.3) is 0 Å². The summed E-state index contributed by atoms with van der Waals surface area (Å²) in [5, 5.41) is 4.33. The smallest absolute Gasteiger partial charge is 0.121 e. The number of nitrogens with one attached hydrogen (secondary N) is 1. The largest absolute Gasteiger partial charge is 0.497 e. The van der Waals surface area contributed by atoms with Crippen LogP contribution in [0.3, 0.4) is 0 Å². The normalized spacial score (nSPS) is 23.6. The van der Waals surface area contributed by atoms with E-state index in [1.807, 2.05) is 30.0 Å². The first kappa shape index (κ1) is 12.4. The van der Waals surface area contributed by atoms with Gasteiger partial charge in [0, 0.05) is 17.4 Å². The lowest BCUT2D eigenvalue weighted by molar-refractivity contribution is 0.415. The Balaban J connectivity index is 1.99. The molecular formula is C13H20N2OS. The molecule has 0 radical (unpaired) electrons. The number of rotatable bonds is 4. The third-order valence-electron chi connectivity index (χ3n) is 3.34. The molecule has 0 aromatic heterocycles. The fraction of sp³-hybridized carbons (Fsp3) is 0.538. The molecule has 0 bridgehead atoms. The van der Waals surface area contributed by atoms with E-state index in [0.29, 0.717) is 6.04 Å². The van der Waals surface area contributed by atoms with Crippen LogP contribution in [-0.2, 0) is 0 Å². The zero-order valence-corrected chi connectivity index (χ0v) is 11.2. The number of hydrogen-bond donors (Lipinski definition) is 2. The lowest BCUT2D eigenvalue weighted by Crippen LogP contribution is -2.16. The van der Waals surface area contributed by atoms with Crippen LogP contribution in [0.4, 0.5) is 11.4 Å². The lowest BCUT2D eigenvalue weighted by Gasteiger charge is -2.16. The Hall–Kier alpha value is -1.03. The van der Waals surface area contributed by atoms with E-state index in [9.17, 15) is 0 Å². The number of anilines is 2. The highest BCUT2D eigenvalue weighted by atomic mass is 32.2. The summed E-state index contributed by atoms with van der Waals surface area (Å²) >= 11 is 1.97. The molecule has 0 amide bonds. The number of nitrogens with two attached hydrogens (primary N) is 1. The molecule has 4 heteroatoms. The summed E-state index contributed by atoms with van der Waals surface area (Å²) in [5.74, 6) is 0.807. The summed E-state index contributed by atoms with van der Waals surface area (Å²) in [5.41, 5.74) is 7.78. The molecule has 0 heterocycles. The van der Waals surface area contributed by atoms with Gasteiger partial charge in [0.05, 0.1) is 18.5 Å². The fourth-order valence-electron chi connectivity index (χ4n) is 2.30. The van der Waals surface area contributed by atoms with Crippen LogP contribution in [0.5, 0.6) is 5.75 Å². The molecule has 1 aromatic carbocycles. The predicted molar refractivity (Wildman–Crippen MR) is 76.0 cm³/mol. The molecule has 1 saturated carbocycles. The van der Waals surface area contributed by atoms with Gasteiger partial charge in [-0.1, -0.05) is 0 Å². The molecule has 1 fully saturated rings. The van der Waals surface area contributed by atoms with Gasteiger partial charge in [0.15, 0.2) is 0 Å². The number of ether oxygens (including phenoxy) is 1. The van der Waals surface area contributed by atoms with E-state index in [4.69, 9.17) is 10.5 Å². The Morgan fingerprint density at radius 3 is 2.82 bits per heavy atom. The number of methoxy groups -OCH3 is 1. The average molecular weight is 252 g/mol. The van der Waals surface area contributed by atoms with Crippen molar-refractivity contribution in [1.29, 1.82) is 0 Å². The molecule has 0 spiro atoms. The van der Waals surface area contributed by atoms with Gasteiger partial charge >= 0.3 is 0 Å². The Morgan fingerprint density at radius 1 is 1.41 bits per heavy atom. The van der Waals surface area contributed by atoms with Crippen molar-refractivity contribution in [3.05, 3.63) is 18.2 Å². The van der Waals surface area contributed by atoms with Crippen LogP contribution in [0, 0.1) is 0 Å². The number of hydrogen-bond acceptors (Lipinski definition) is 4. The summed E-state index contributed by atoms with van der Waals surface area (Å²) in [6, 6.07) is 6.37. The van der Waals surface area contributed by atoms with E-state index in [1.165, 1.54) is 19.3 Å². The van der Waals surface area contributed by atoms with Gasteiger partial charge in [-0.2, -0.15) is 11.8 Å². The molecular weight excluding hydrogens is 232 g/mol. The van der Waals surface area contributed by atoms with E-state index in [1.54, 1.807) is 7.11 Å². The summed E-state index contributed by atoms with van der Waals surface area (Å²) in [4.78, 5) is 0. The second-order valence-corrected chi connectivity index (χ2v) is 5.60. The summed E-state index contributed by atoms with van der Waals surface area (Å²) < 4.78 is 5.14. The number of thioether (sulfide) groups is 1. The minimum absolute atomic E-state index is 0.558. The summed E-state index contributed by atoms with van der Waals surface area (Å²) in [6.45, 7) is 0. The van der Waals surface area contributed by atoms with E-state index < -0.39 is 0 Å². The Labute approximate surface area is 107 Å². The maximum atomic E-state index is 5.99. The SMILES string of the molecule is COc1ccc(NC2CCC(SC)C2)c(N)c1. The Morgan fingerprint density at radius 2 is 2.24 bits per heavy atom. The Kier molecular flexibility index (Phi) is 4.05. The third kappa shape index (κ3) is 3.00. The maximum Gasteiger partial charge on any atom is 0.121 e. The van der Waals surface area contributed by atoms with Gasteiger partial charge in [-0.3, -0.25) is 0 Å². The van der Waals surface area contributed by atoms with Crippen LogP contribution in [0.2, 0.25) is 0 Å². The monoisotopic (exact) mass is 252 g/mol. The average Bonchev–Trinajstić information content (AvgIpc) is 2.79. The van der Waals surface area contributed by atoms with Crippen LogP contribution in [-0.4, -0.2) is 24.7 Å². The molecule has 94 valence electrons. The third-order valence-corrected chi connectivity index (χ3v) is 4.43. The van der Waals surface area contributed by atoms with Crippen molar-refractivity contribution in [1.82, 2.24) is 0 Å². The first-order chi connectivity index (χ1) is 8.22. The van der Waals surface area contributed by atoms with Crippen LogP contribution < -0.4 is 15.8 Å². The molecule has 0 aliphatic heterocycles. The predicted octanol–water partition coefficient (Wildman–Crippen LogP) is 2.97. The van der Waals surface area contributed by atoms with Crippen LogP contribution in [0.1, 0.15) is 19.3 Å². The molecule has 2 rings (SSSR count). The molecule has 1 aromatic rings. The van der Waals surface area contributed by atoms with E-state index in [-0.39, 0.29) is 0 Å². The highest BCUT2D eigenvalue weighted by Crippen LogP contribution is 2.32. The molecule has 17 heavy (non-hydrogen) atoms. The van der Waals surface area contributed by atoms with E-state index in [2.05, 4.69) is 11.6 Å². The topological polar surface area (TPSA) is 47.3 Å². The summed E-state index contributed by atoms with van der Waals surface area (Å²) in [6.07, 6.45) is 5.95. The van der Waals surface area contributed by atoms with E-state index in [0.717, 1.165) is 22.4 Å². The van der Waals surface area contributed by atoms with Crippen molar-refractivity contribution in [2.75, 3.05) is 24.4 Å². The minimum Gasteiger partial charge on any atom is -0.497 e. The van der Waals surface area contributed by atoms with Crippen LogP contribution >= 0.6 is 11.8 Å². The van der Waals surface area contributed by atoms with Gasteiger partial charge in [0.1, 0.15) is 5.75 Å². The second kappa shape index (κ2) is 5.54. The van der Waals surface area contributed by atoms with Gasteiger partial charge in [-0.25, -0.2) is 0 Å². The maximum absolute atomic E-state index is 5.99. The van der Waals surface area contributed by atoms with Crippen molar-refractivity contribution in [2.24, 2.45) is 0 Å². The molecule has 3 nitrogen and oxygen atoms in total. The zero-order valence-electron chi connectivity index (χ0n) is 10.4. The Bertz CT molecular complexity index is 384. The van der Waals surface area contributed by atoms with Gasteiger partial charge < -0.3 is 15.8 Å². The first-order valence-electron chi connectivity index (χ1n) is 5.95. The van der Waals surface area contributed by atoms with Crippen molar-refractivity contribution in [3.8, 4) is 5.75 Å². The quantitative estimate of drug-likeness (QED) is 0.809. The number of nitrogen functional groups attached to an aromatic ring is 1. The molecule has 2 unspecified atom stereocenters. The molecule has 1 aliphatic carbocycles. The van der Waals surface area contributed by atoms with Gasteiger partial charge in [-0.15, -0.1) is 0 Å². The van der Waals surface area contributed by atoms with Crippen molar-refractivity contribution >= 4 is 23.1 Å². The van der Waals surface area contributed by atoms with Gasteiger partial charge in [0.2, 0.25) is 0 Å². The lowest BCUT2D eigenvalue weighted by atomic mass is 10.2. The minimum atomic E-state index is 0.558. The molecule has 1 aliphatic rings. The highest BCUT2D eigenvalue weighted by Gasteiger charge is 2.23. The van der Waals surface area contributed by atoms with E-state index >= 15 is 0 Å². The molecule has 0 saturated heterocycles. The number of benzene rings is 1. The van der Waals surface area contributed by atoms with Crippen molar-refractivity contribution in [3.63, 3.8) is 0 Å². The standard InChI is InChI=1S/C13H20N2OS/c1-16-10-4-6-13(12(14)8-10)15-9-3-5-11(7-9)17-2/h4,6,8-9,11,15H,3,5,7,14H2,1-2H3. The molecule has 2 atom stereocenters. The van der Waals surface area contributed by atoms with Crippen LogP contribution in [0.25, 0.3) is 0 Å². The van der Waals surface area contributed by atoms with Crippen molar-refractivity contribution < 1.29 is 4.74 Å². The molecule has 3 N–H and O–H groups in total. The second-order valence-electron chi connectivity index (χ2n) is 4.47. The fourth-order valence-corrected chi connectivity index (χ4v) is 3.10. The van der Waals surface area contributed by atoms with Crippen LogP contribution in [0.15, 0.2) is 18.2 Å². The van der Waals surface area contributed by atoms with Crippen molar-refractivity contribution in [2.45, 2.75) is 30.6 Å². The highest BCUT2D eigenvalue weighted by molar-refractivity contribution is 7.99. The first-order valence-corrected chi connectivity index (χ1v) is 7.24.